The van der Waals surface area contributed by atoms with Gasteiger partial charge >= 0.3 is 0 Å². The third kappa shape index (κ3) is 2.09. The summed E-state index contributed by atoms with van der Waals surface area (Å²) in [7, 11) is 0. The SMILES string of the molecule is CCC12c3ccccc3C(c3ccccc31)[C@H]1C(=O)N(c3ccc(C)cc3C)C(=O)[C@@H]12. The molecule has 7 rings (SSSR count). The molecule has 3 nitrogen and oxygen atoms in total. The second-order valence-electron chi connectivity index (χ2n) is 9.28. The van der Waals surface area contributed by atoms with Crippen LogP contribution >= 0.6 is 0 Å². The summed E-state index contributed by atoms with van der Waals surface area (Å²) in [6.07, 6.45) is 0.786. The second kappa shape index (κ2) is 6.16. The Morgan fingerprint density at radius 1 is 0.839 bits per heavy atom. The minimum Gasteiger partial charge on any atom is -0.274 e. The Morgan fingerprint density at radius 3 is 2.03 bits per heavy atom. The monoisotopic (exact) mass is 407 g/mol. The minimum absolute atomic E-state index is 0.0437. The molecule has 0 aromatic heterocycles. The second-order valence-corrected chi connectivity index (χ2v) is 9.28. The van der Waals surface area contributed by atoms with Crippen LogP contribution in [0.3, 0.4) is 0 Å². The zero-order valence-electron chi connectivity index (χ0n) is 18.1. The topological polar surface area (TPSA) is 37.4 Å². The number of carbonyl (C=O) groups excluding carboxylic acids is 2. The van der Waals surface area contributed by atoms with Gasteiger partial charge in [-0.25, -0.2) is 4.90 Å². The Morgan fingerprint density at radius 2 is 1.45 bits per heavy atom. The number of hydrogen-bond acceptors (Lipinski definition) is 2. The lowest BCUT2D eigenvalue weighted by Crippen LogP contribution is -2.53. The summed E-state index contributed by atoms with van der Waals surface area (Å²) < 4.78 is 0. The number of hydrogen-bond donors (Lipinski definition) is 0. The molecule has 1 aliphatic heterocycles. The first-order chi connectivity index (χ1) is 15.0. The van der Waals surface area contributed by atoms with E-state index < -0.39 is 5.41 Å². The normalized spacial score (nSPS) is 27.8. The van der Waals surface area contributed by atoms with Crippen LogP contribution in [0.25, 0.3) is 0 Å². The molecule has 0 saturated carbocycles. The fourth-order valence-corrected chi connectivity index (χ4v) is 6.82. The van der Waals surface area contributed by atoms with E-state index in [1.807, 2.05) is 32.0 Å². The summed E-state index contributed by atoms with van der Waals surface area (Å²) >= 11 is 0. The van der Waals surface area contributed by atoms with Crippen LogP contribution in [0, 0.1) is 25.7 Å². The molecule has 1 fully saturated rings. The van der Waals surface area contributed by atoms with Gasteiger partial charge in [-0.1, -0.05) is 73.2 Å². The predicted octanol–water partition coefficient (Wildman–Crippen LogP) is 5.26. The Bertz CT molecular complexity index is 1230. The molecule has 3 aromatic carbocycles. The first kappa shape index (κ1) is 18.6. The van der Waals surface area contributed by atoms with Crippen molar-refractivity contribution in [3.05, 3.63) is 100 Å². The van der Waals surface area contributed by atoms with Crippen molar-refractivity contribution in [2.75, 3.05) is 4.90 Å². The number of benzene rings is 3. The highest BCUT2D eigenvalue weighted by atomic mass is 16.2. The molecule has 3 heteroatoms. The molecule has 2 bridgehead atoms. The molecule has 2 amide bonds. The van der Waals surface area contributed by atoms with Crippen molar-refractivity contribution >= 4 is 17.5 Å². The maximum atomic E-state index is 14.1. The van der Waals surface area contributed by atoms with Crippen molar-refractivity contribution in [1.29, 1.82) is 0 Å². The number of rotatable bonds is 2. The molecule has 0 unspecified atom stereocenters. The maximum Gasteiger partial charge on any atom is 0.238 e. The number of anilines is 1. The molecule has 2 atom stereocenters. The van der Waals surface area contributed by atoms with Gasteiger partial charge in [0.05, 0.1) is 17.5 Å². The fourth-order valence-electron chi connectivity index (χ4n) is 6.82. The lowest BCUT2D eigenvalue weighted by Gasteiger charge is -2.54. The smallest absolute Gasteiger partial charge is 0.238 e. The molecular formula is C28H25NO2. The van der Waals surface area contributed by atoms with Crippen molar-refractivity contribution in [2.24, 2.45) is 11.8 Å². The predicted molar refractivity (Wildman–Crippen MR) is 121 cm³/mol. The number of nitrogens with zero attached hydrogens (tertiary/aromatic N) is 1. The molecule has 1 heterocycles. The molecule has 3 aliphatic carbocycles. The van der Waals surface area contributed by atoms with Gasteiger partial charge in [-0.3, -0.25) is 9.59 Å². The van der Waals surface area contributed by atoms with Crippen LogP contribution in [0.15, 0.2) is 66.7 Å². The van der Waals surface area contributed by atoms with Gasteiger partial charge < -0.3 is 0 Å². The van der Waals surface area contributed by atoms with Crippen molar-refractivity contribution in [3.8, 4) is 0 Å². The zero-order chi connectivity index (χ0) is 21.5. The molecule has 4 aliphatic rings. The van der Waals surface area contributed by atoms with Crippen LogP contribution in [-0.2, 0) is 15.0 Å². The van der Waals surface area contributed by atoms with Crippen molar-refractivity contribution in [1.82, 2.24) is 0 Å². The number of imide groups is 1. The molecule has 0 N–H and O–H groups in total. The third-order valence-corrected chi connectivity index (χ3v) is 7.94. The highest BCUT2D eigenvalue weighted by Crippen LogP contribution is 2.65. The highest BCUT2D eigenvalue weighted by molar-refractivity contribution is 6.24. The summed E-state index contributed by atoms with van der Waals surface area (Å²) in [5.74, 6) is -0.872. The zero-order valence-corrected chi connectivity index (χ0v) is 18.1. The largest absolute Gasteiger partial charge is 0.274 e. The van der Waals surface area contributed by atoms with Gasteiger partial charge in [0.1, 0.15) is 0 Å². The third-order valence-electron chi connectivity index (χ3n) is 7.94. The van der Waals surface area contributed by atoms with E-state index >= 15 is 0 Å². The average molecular weight is 408 g/mol. The van der Waals surface area contributed by atoms with Crippen LogP contribution in [0.5, 0.6) is 0 Å². The Labute approximate surface area is 182 Å². The van der Waals surface area contributed by atoms with E-state index in [0.717, 1.165) is 23.2 Å². The van der Waals surface area contributed by atoms with E-state index in [1.165, 1.54) is 27.2 Å². The summed E-state index contributed by atoms with van der Waals surface area (Å²) in [6.45, 7) is 6.18. The average Bonchev–Trinajstić information content (AvgIpc) is 3.05. The van der Waals surface area contributed by atoms with Gasteiger partial charge in [-0.05, 0) is 54.2 Å². The lowest BCUT2D eigenvalue weighted by atomic mass is 9.46. The lowest BCUT2D eigenvalue weighted by molar-refractivity contribution is -0.123. The Hall–Kier alpha value is -3.20. The van der Waals surface area contributed by atoms with E-state index in [-0.39, 0.29) is 29.6 Å². The van der Waals surface area contributed by atoms with E-state index in [2.05, 4.69) is 55.5 Å². The van der Waals surface area contributed by atoms with Gasteiger partial charge in [-0.2, -0.15) is 0 Å². The van der Waals surface area contributed by atoms with Gasteiger partial charge in [0.15, 0.2) is 0 Å². The van der Waals surface area contributed by atoms with E-state index in [0.29, 0.717) is 0 Å². The number of carbonyl (C=O) groups is 2. The summed E-state index contributed by atoms with van der Waals surface area (Å²) in [4.78, 5) is 29.5. The van der Waals surface area contributed by atoms with Crippen LogP contribution in [0.4, 0.5) is 5.69 Å². The first-order valence-corrected chi connectivity index (χ1v) is 11.1. The van der Waals surface area contributed by atoms with Crippen LogP contribution in [0.2, 0.25) is 0 Å². The molecule has 3 aromatic rings. The maximum absolute atomic E-state index is 14.1. The highest BCUT2D eigenvalue weighted by Gasteiger charge is 2.67. The summed E-state index contributed by atoms with van der Waals surface area (Å²) in [5.41, 5.74) is 7.25. The molecule has 1 saturated heterocycles. The number of aryl methyl sites for hydroxylation is 2. The minimum atomic E-state index is -0.466. The Balaban J connectivity index is 1.64. The molecule has 0 radical (unpaired) electrons. The van der Waals surface area contributed by atoms with Crippen LogP contribution in [0.1, 0.15) is 52.6 Å². The van der Waals surface area contributed by atoms with Crippen molar-refractivity contribution in [2.45, 2.75) is 38.5 Å². The summed E-state index contributed by atoms with van der Waals surface area (Å²) in [6, 6.07) is 22.9. The van der Waals surface area contributed by atoms with Gasteiger partial charge in [-0.15, -0.1) is 0 Å². The van der Waals surface area contributed by atoms with Gasteiger partial charge in [0.2, 0.25) is 11.8 Å². The van der Waals surface area contributed by atoms with Gasteiger partial charge in [0.25, 0.3) is 0 Å². The molecular weight excluding hydrogens is 382 g/mol. The molecule has 154 valence electrons. The van der Waals surface area contributed by atoms with Crippen molar-refractivity contribution < 1.29 is 9.59 Å². The Kier molecular flexibility index (Phi) is 3.69. The van der Waals surface area contributed by atoms with E-state index in [1.54, 1.807) is 0 Å². The molecule has 31 heavy (non-hydrogen) atoms. The number of amides is 2. The van der Waals surface area contributed by atoms with E-state index in [9.17, 15) is 9.59 Å². The quantitative estimate of drug-likeness (QED) is 0.543. The van der Waals surface area contributed by atoms with Gasteiger partial charge in [0, 0.05) is 11.3 Å². The fraction of sp³-hybridized carbons (Fsp3) is 0.286. The van der Waals surface area contributed by atoms with Crippen LogP contribution in [-0.4, -0.2) is 11.8 Å². The summed E-state index contributed by atoms with van der Waals surface area (Å²) in [5, 5.41) is 0. The van der Waals surface area contributed by atoms with E-state index in [4.69, 9.17) is 0 Å². The first-order valence-electron chi connectivity index (χ1n) is 11.1. The van der Waals surface area contributed by atoms with Crippen molar-refractivity contribution in [3.63, 3.8) is 0 Å². The standard InChI is InChI=1S/C28H25NO2/c1-4-28-20-11-7-5-9-18(20)23(19-10-6-8-12-21(19)28)24-25(28)27(31)29(26(24)30)22-14-13-16(2)15-17(22)3/h5-15,23-25H,4H2,1-3H3/t23?,24-,25-,28?/m1/s1. The van der Waals surface area contributed by atoms with Crippen LogP contribution < -0.4 is 4.90 Å². The molecule has 0 spiro atoms.